The lowest BCUT2D eigenvalue weighted by Gasteiger charge is -2.09. The summed E-state index contributed by atoms with van der Waals surface area (Å²) < 4.78 is 1.63. The van der Waals surface area contributed by atoms with E-state index in [1.807, 2.05) is 6.07 Å². The van der Waals surface area contributed by atoms with Crippen LogP contribution in [0.5, 0.6) is 0 Å². The summed E-state index contributed by atoms with van der Waals surface area (Å²) in [4.78, 5) is 23.3. The summed E-state index contributed by atoms with van der Waals surface area (Å²) in [6, 6.07) is 6.21. The van der Waals surface area contributed by atoms with Crippen molar-refractivity contribution in [3.63, 3.8) is 0 Å². The maximum Gasteiger partial charge on any atom is 0.248 e. The molecule has 0 unspecified atom stereocenters. The van der Waals surface area contributed by atoms with Crippen LogP contribution in [0.2, 0.25) is 0 Å². The van der Waals surface area contributed by atoms with E-state index in [9.17, 15) is 9.59 Å². The highest BCUT2D eigenvalue weighted by Gasteiger charge is 2.16. The van der Waals surface area contributed by atoms with Crippen molar-refractivity contribution in [2.75, 3.05) is 5.75 Å². The van der Waals surface area contributed by atoms with Crippen molar-refractivity contribution in [1.29, 1.82) is 0 Å². The zero-order valence-electron chi connectivity index (χ0n) is 14.2. The number of carbonyl (C=O) groups excluding carboxylic acids is 2. The molecule has 0 bridgehead atoms. The van der Waals surface area contributed by atoms with Crippen LogP contribution in [0.25, 0.3) is 5.69 Å². The zero-order valence-corrected chi connectivity index (χ0v) is 15.0. The van der Waals surface area contributed by atoms with Crippen LogP contribution in [0, 0.1) is 5.92 Å². The fourth-order valence-corrected chi connectivity index (χ4v) is 3.25. The number of nitrogens with zero attached hydrogens (tertiary/aromatic N) is 4. The Hall–Kier alpha value is -2.42. The van der Waals surface area contributed by atoms with E-state index >= 15 is 0 Å². The minimum absolute atomic E-state index is 0.101. The van der Waals surface area contributed by atoms with Crippen LogP contribution in [0.4, 0.5) is 0 Å². The van der Waals surface area contributed by atoms with E-state index in [2.05, 4.69) is 38.5 Å². The predicted octanol–water partition coefficient (Wildman–Crippen LogP) is 1.05. The van der Waals surface area contributed by atoms with Gasteiger partial charge in [0.25, 0.3) is 0 Å². The number of nitrogens with one attached hydrogen (secondary N) is 2. The molecule has 0 saturated carbocycles. The lowest BCUT2D eigenvalue weighted by atomic mass is 10.1. The number of benzene rings is 1. The molecule has 8 nitrogen and oxygen atoms in total. The molecule has 2 N–H and O–H groups in total. The SMILES string of the molecule is CC(C)C(=O)NNC(=O)CSc1nnnn1-c1ccc2c(c1)CCC2. The van der Waals surface area contributed by atoms with E-state index in [1.165, 1.54) is 29.3 Å². The van der Waals surface area contributed by atoms with E-state index in [0.29, 0.717) is 5.16 Å². The van der Waals surface area contributed by atoms with E-state index < -0.39 is 0 Å². The fraction of sp³-hybridized carbons (Fsp3) is 0.438. The van der Waals surface area contributed by atoms with Crippen LogP contribution >= 0.6 is 11.8 Å². The molecule has 1 heterocycles. The van der Waals surface area contributed by atoms with Crippen molar-refractivity contribution >= 4 is 23.6 Å². The Labute approximate surface area is 149 Å². The standard InChI is InChI=1S/C16H20N6O2S/c1-10(2)15(24)18-17-14(23)9-25-16-19-20-21-22(16)13-7-6-11-4-3-5-12(11)8-13/h6-8,10H,3-5,9H2,1-2H3,(H,17,23)(H,18,24). The average Bonchev–Trinajstić information content (AvgIpc) is 3.25. The molecule has 1 aromatic carbocycles. The minimum Gasteiger partial charge on any atom is -0.273 e. The Morgan fingerprint density at radius 1 is 1.24 bits per heavy atom. The first-order valence-corrected chi connectivity index (χ1v) is 9.15. The van der Waals surface area contributed by atoms with Gasteiger partial charge in [-0.2, -0.15) is 4.68 Å². The first-order valence-electron chi connectivity index (χ1n) is 8.16. The van der Waals surface area contributed by atoms with Crippen molar-refractivity contribution in [1.82, 2.24) is 31.1 Å². The zero-order chi connectivity index (χ0) is 17.8. The summed E-state index contributed by atoms with van der Waals surface area (Å²) in [6.45, 7) is 3.50. The first-order chi connectivity index (χ1) is 12.0. The summed E-state index contributed by atoms with van der Waals surface area (Å²) in [5.41, 5.74) is 8.36. The summed E-state index contributed by atoms with van der Waals surface area (Å²) in [6.07, 6.45) is 3.37. The Morgan fingerprint density at radius 3 is 2.84 bits per heavy atom. The molecular weight excluding hydrogens is 340 g/mol. The minimum atomic E-state index is -0.317. The number of carbonyl (C=O) groups is 2. The Morgan fingerprint density at radius 2 is 2.04 bits per heavy atom. The van der Waals surface area contributed by atoms with Gasteiger partial charge in [0.2, 0.25) is 17.0 Å². The van der Waals surface area contributed by atoms with Crippen molar-refractivity contribution in [3.05, 3.63) is 29.3 Å². The molecule has 2 amide bonds. The quantitative estimate of drug-likeness (QED) is 0.610. The number of aryl methyl sites for hydroxylation is 2. The van der Waals surface area contributed by atoms with Crippen molar-refractivity contribution in [2.45, 2.75) is 38.3 Å². The largest absolute Gasteiger partial charge is 0.273 e. The highest BCUT2D eigenvalue weighted by atomic mass is 32.2. The molecule has 2 aromatic rings. The molecule has 25 heavy (non-hydrogen) atoms. The number of amides is 2. The lowest BCUT2D eigenvalue weighted by Crippen LogP contribution is -2.44. The molecule has 0 saturated heterocycles. The van der Waals surface area contributed by atoms with Gasteiger partial charge >= 0.3 is 0 Å². The second-order valence-corrected chi connectivity index (χ2v) is 7.10. The van der Waals surface area contributed by atoms with E-state index in [-0.39, 0.29) is 23.5 Å². The predicted molar refractivity (Wildman–Crippen MR) is 93.0 cm³/mol. The summed E-state index contributed by atoms with van der Waals surface area (Å²) in [7, 11) is 0. The van der Waals surface area contributed by atoms with Crippen LogP contribution in [-0.4, -0.2) is 37.8 Å². The molecule has 1 aliphatic carbocycles. The van der Waals surface area contributed by atoms with Crippen LogP contribution < -0.4 is 10.9 Å². The number of hydrazine groups is 1. The number of thioether (sulfide) groups is 1. The van der Waals surface area contributed by atoms with Gasteiger partial charge < -0.3 is 0 Å². The highest BCUT2D eigenvalue weighted by molar-refractivity contribution is 7.99. The summed E-state index contributed by atoms with van der Waals surface area (Å²) in [5, 5.41) is 12.2. The number of rotatable bonds is 5. The van der Waals surface area contributed by atoms with Gasteiger partial charge in [-0.15, -0.1) is 5.10 Å². The third-order valence-corrected chi connectivity index (χ3v) is 4.87. The molecule has 1 aromatic heterocycles. The highest BCUT2D eigenvalue weighted by Crippen LogP contribution is 2.25. The molecule has 0 spiro atoms. The number of aromatic nitrogens is 4. The molecule has 0 fully saturated rings. The summed E-state index contributed by atoms with van der Waals surface area (Å²) in [5.74, 6) is -0.646. The Bertz CT molecular complexity index is 789. The topological polar surface area (TPSA) is 102 Å². The second kappa shape index (κ2) is 7.64. The lowest BCUT2D eigenvalue weighted by molar-refractivity contribution is -0.129. The third kappa shape index (κ3) is 4.16. The van der Waals surface area contributed by atoms with E-state index in [4.69, 9.17) is 0 Å². The first kappa shape index (κ1) is 17.4. The maximum atomic E-state index is 11.8. The molecule has 1 aliphatic rings. The van der Waals surface area contributed by atoms with Crippen molar-refractivity contribution in [2.24, 2.45) is 5.92 Å². The van der Waals surface area contributed by atoms with Crippen molar-refractivity contribution < 1.29 is 9.59 Å². The normalized spacial score (nSPS) is 12.9. The fourth-order valence-electron chi connectivity index (χ4n) is 2.56. The van der Waals surface area contributed by atoms with Crippen LogP contribution in [-0.2, 0) is 22.4 Å². The van der Waals surface area contributed by atoms with Gasteiger partial charge in [0, 0.05) is 5.92 Å². The number of fused-ring (bicyclic) bond motifs is 1. The van der Waals surface area contributed by atoms with Gasteiger partial charge in [0.05, 0.1) is 11.4 Å². The Kier molecular flexibility index (Phi) is 5.32. The Balaban J connectivity index is 1.61. The number of tetrazole rings is 1. The van der Waals surface area contributed by atoms with Crippen LogP contribution in [0.15, 0.2) is 23.4 Å². The van der Waals surface area contributed by atoms with Gasteiger partial charge in [-0.3, -0.25) is 20.4 Å². The average molecular weight is 360 g/mol. The van der Waals surface area contributed by atoms with Gasteiger partial charge in [0.15, 0.2) is 0 Å². The number of hydrogen-bond donors (Lipinski definition) is 2. The van der Waals surface area contributed by atoms with Gasteiger partial charge in [-0.25, -0.2) is 0 Å². The smallest absolute Gasteiger partial charge is 0.248 e. The molecule has 9 heteroatoms. The maximum absolute atomic E-state index is 11.8. The van der Waals surface area contributed by atoms with Gasteiger partial charge in [0.1, 0.15) is 0 Å². The van der Waals surface area contributed by atoms with Gasteiger partial charge in [-0.05, 0) is 52.9 Å². The van der Waals surface area contributed by atoms with Crippen LogP contribution in [0.3, 0.4) is 0 Å². The van der Waals surface area contributed by atoms with E-state index in [0.717, 1.165) is 18.5 Å². The molecule has 132 valence electrons. The molecule has 0 atom stereocenters. The molecule has 0 radical (unpaired) electrons. The third-order valence-electron chi connectivity index (χ3n) is 3.95. The molecule has 3 rings (SSSR count). The van der Waals surface area contributed by atoms with E-state index in [1.54, 1.807) is 18.5 Å². The molecule has 0 aliphatic heterocycles. The van der Waals surface area contributed by atoms with Gasteiger partial charge in [-0.1, -0.05) is 31.7 Å². The van der Waals surface area contributed by atoms with Crippen LogP contribution in [0.1, 0.15) is 31.4 Å². The molecular formula is C16H20N6O2S. The summed E-state index contributed by atoms with van der Waals surface area (Å²) >= 11 is 1.21. The second-order valence-electron chi connectivity index (χ2n) is 6.16. The van der Waals surface area contributed by atoms with Crippen molar-refractivity contribution in [3.8, 4) is 5.69 Å². The monoisotopic (exact) mass is 360 g/mol. The number of hydrogen-bond acceptors (Lipinski definition) is 6.